The van der Waals surface area contributed by atoms with E-state index in [1.807, 2.05) is 0 Å². The topological polar surface area (TPSA) is 317 Å². The largest absolute Gasteiger partial charge is 0.394 e. The zero-order valence-electron chi connectivity index (χ0n) is 21.5. The van der Waals surface area contributed by atoms with Crippen molar-refractivity contribution in [3.63, 3.8) is 0 Å². The molecule has 1 saturated carbocycles. The first-order chi connectivity index (χ1) is 18.4. The second-order valence-electron chi connectivity index (χ2n) is 10.3. The van der Waals surface area contributed by atoms with Gasteiger partial charge in [0.15, 0.2) is 12.6 Å². The van der Waals surface area contributed by atoms with Crippen molar-refractivity contribution in [3.05, 3.63) is 0 Å². The third-order valence-electron chi connectivity index (χ3n) is 7.50. The van der Waals surface area contributed by atoms with Crippen LogP contribution in [-0.4, -0.2) is 148 Å². The van der Waals surface area contributed by atoms with E-state index in [-0.39, 0.29) is 25.6 Å². The lowest BCUT2D eigenvalue weighted by Crippen LogP contribution is -2.74. The van der Waals surface area contributed by atoms with Crippen molar-refractivity contribution >= 4 is 5.91 Å². The first kappa shape index (κ1) is 32.4. The summed E-state index contributed by atoms with van der Waals surface area (Å²) < 4.78 is 23.0. The summed E-state index contributed by atoms with van der Waals surface area (Å²) in [6, 6.07) is -4.65. The van der Waals surface area contributed by atoms with Crippen LogP contribution in [-0.2, 0) is 23.7 Å². The average Bonchev–Trinajstić information content (AvgIpc) is 2.92. The van der Waals surface area contributed by atoms with Gasteiger partial charge in [0.1, 0.15) is 42.7 Å². The monoisotopic (exact) mass is 568 g/mol. The molecule has 7 unspecified atom stereocenters. The molecule has 3 fully saturated rings. The van der Waals surface area contributed by atoms with Crippen LogP contribution in [0.3, 0.4) is 0 Å². The van der Waals surface area contributed by atoms with Crippen molar-refractivity contribution in [3.8, 4) is 0 Å². The van der Waals surface area contributed by atoms with E-state index < -0.39 is 98.1 Å². The normalized spacial score (nSPS) is 46.0. The van der Waals surface area contributed by atoms with Crippen LogP contribution in [0.2, 0.25) is 0 Å². The summed E-state index contributed by atoms with van der Waals surface area (Å²) in [7, 11) is 0. The fourth-order valence-electron chi connectivity index (χ4n) is 5.03. The first-order valence-electron chi connectivity index (χ1n) is 13.0. The summed E-state index contributed by atoms with van der Waals surface area (Å²) >= 11 is 0. The average molecular weight is 569 g/mol. The second-order valence-corrected chi connectivity index (χ2v) is 10.3. The molecule has 0 bridgehead atoms. The molecule has 0 aromatic carbocycles. The minimum absolute atomic E-state index is 0.00387. The zero-order chi connectivity index (χ0) is 29.0. The number of carbonyl (C=O) groups is 1. The predicted octanol–water partition coefficient (Wildman–Crippen LogP) is -7.43. The fraction of sp³-hybridized carbons (Fsp3) is 0.955. The summed E-state index contributed by atoms with van der Waals surface area (Å²) in [5.41, 5.74) is 29.4. The van der Waals surface area contributed by atoms with E-state index in [4.69, 9.17) is 47.6 Å². The summed E-state index contributed by atoms with van der Waals surface area (Å²) in [6.07, 6.45) is -14.1. The number of ether oxygens (including phenoxy) is 4. The number of hydrogen-bond donors (Lipinski definition) is 12. The Bertz CT molecular complexity index is 787. The third-order valence-corrected chi connectivity index (χ3v) is 7.50. The van der Waals surface area contributed by atoms with Crippen molar-refractivity contribution in [2.75, 3.05) is 19.7 Å². The molecule has 1 aliphatic carbocycles. The molecule has 0 spiro atoms. The highest BCUT2D eigenvalue weighted by Gasteiger charge is 2.54. The summed E-state index contributed by atoms with van der Waals surface area (Å²) in [6.45, 7) is -0.469. The van der Waals surface area contributed by atoms with Crippen LogP contribution in [0.1, 0.15) is 19.3 Å². The molecule has 3 aliphatic rings. The highest BCUT2D eigenvalue weighted by atomic mass is 16.7. The molecule has 17 N–H and O–H groups in total. The minimum Gasteiger partial charge on any atom is -0.394 e. The number of nitrogens with one attached hydrogen (secondary N) is 1. The van der Waals surface area contributed by atoms with Gasteiger partial charge in [-0.25, -0.2) is 0 Å². The van der Waals surface area contributed by atoms with Gasteiger partial charge in [-0.2, -0.15) is 0 Å². The van der Waals surface area contributed by atoms with Gasteiger partial charge in [0.25, 0.3) is 0 Å². The van der Waals surface area contributed by atoms with Gasteiger partial charge >= 0.3 is 0 Å². The molecule has 1 amide bonds. The summed E-state index contributed by atoms with van der Waals surface area (Å²) in [5.74, 6) is -0.925. The Kier molecular flexibility index (Phi) is 11.8. The number of aliphatic hydroxyl groups excluding tert-OH is 6. The van der Waals surface area contributed by atoms with Gasteiger partial charge in [0, 0.05) is 6.54 Å². The maximum absolute atomic E-state index is 12.6. The molecular weight excluding hydrogens is 524 g/mol. The number of carbonyl (C=O) groups excluding carboxylic acids is 1. The van der Waals surface area contributed by atoms with Gasteiger partial charge < -0.3 is 83.6 Å². The smallest absolute Gasteiger partial charge is 0.249 e. The van der Waals surface area contributed by atoms with Gasteiger partial charge in [0.05, 0.1) is 43.0 Å². The second kappa shape index (κ2) is 14.2. The molecule has 228 valence electrons. The lowest BCUT2D eigenvalue weighted by molar-refractivity contribution is -0.319. The molecule has 3 rings (SSSR count). The van der Waals surface area contributed by atoms with Gasteiger partial charge in [-0.3, -0.25) is 4.79 Å². The lowest BCUT2D eigenvalue weighted by Gasteiger charge is -2.50. The molecule has 2 saturated heterocycles. The molecular formula is C22H44N6O11. The zero-order valence-corrected chi connectivity index (χ0v) is 21.5. The van der Waals surface area contributed by atoms with E-state index in [2.05, 4.69) is 5.32 Å². The Balaban J connectivity index is 1.88. The quantitative estimate of drug-likeness (QED) is 0.116. The lowest BCUT2D eigenvalue weighted by atomic mass is 9.81. The van der Waals surface area contributed by atoms with Crippen molar-refractivity contribution in [1.29, 1.82) is 0 Å². The first-order valence-corrected chi connectivity index (χ1v) is 13.0. The summed E-state index contributed by atoms with van der Waals surface area (Å²) in [4.78, 5) is 12.6. The molecule has 0 aromatic rings. The van der Waals surface area contributed by atoms with Crippen molar-refractivity contribution < 1.29 is 54.4 Å². The van der Waals surface area contributed by atoms with Gasteiger partial charge in [0.2, 0.25) is 5.91 Å². The van der Waals surface area contributed by atoms with Crippen LogP contribution in [0.25, 0.3) is 0 Å². The predicted molar refractivity (Wildman–Crippen MR) is 132 cm³/mol. The molecule has 17 nitrogen and oxygen atoms in total. The van der Waals surface area contributed by atoms with E-state index in [9.17, 15) is 35.4 Å². The standard InChI is InChI=1S/C22H44N6O11/c23-4-3-9(30)20(35)28-13-15(32)12(27)18(38-21-8(25)2-1-7(5-24)36-21)17(34)19(13)39-22-16(33)11(26)14(31)10(6-29)37-22/h7-19,21-22,29-34H,1-6,23-27H2,(H,28,35)/t7?,8?,9-,10?,11-,12-,13+,14-,15?,16?,17?,18?,19-,21+,22+/m0/s1. The molecule has 2 aliphatic heterocycles. The summed E-state index contributed by atoms with van der Waals surface area (Å²) in [5, 5.41) is 65.3. The maximum atomic E-state index is 12.6. The number of amides is 1. The van der Waals surface area contributed by atoms with E-state index >= 15 is 0 Å². The van der Waals surface area contributed by atoms with Crippen LogP contribution in [0.5, 0.6) is 0 Å². The Labute approximate surface area is 225 Å². The Morgan fingerprint density at radius 3 is 2.18 bits per heavy atom. The van der Waals surface area contributed by atoms with Gasteiger partial charge in [-0.05, 0) is 25.8 Å². The SMILES string of the molecule is NCC[C@H](O)C(=O)N[C@@H]1C(O)[C@H](N)C(O[C@H]2OC(CN)CCC2N)C(O)[C@H]1O[C@H]1OC(CO)[C@H](O)[C@H](N)C1O. The van der Waals surface area contributed by atoms with Crippen LogP contribution in [0.4, 0.5) is 0 Å². The number of nitrogens with two attached hydrogens (primary N) is 5. The van der Waals surface area contributed by atoms with Crippen LogP contribution < -0.4 is 34.0 Å². The third kappa shape index (κ3) is 7.21. The Morgan fingerprint density at radius 1 is 0.897 bits per heavy atom. The van der Waals surface area contributed by atoms with E-state index in [0.717, 1.165) is 0 Å². The van der Waals surface area contributed by atoms with Crippen molar-refractivity contribution in [2.45, 2.75) is 111 Å². The van der Waals surface area contributed by atoms with Crippen LogP contribution >= 0.6 is 0 Å². The van der Waals surface area contributed by atoms with E-state index in [0.29, 0.717) is 12.8 Å². The van der Waals surface area contributed by atoms with E-state index in [1.165, 1.54) is 0 Å². The van der Waals surface area contributed by atoms with Crippen molar-refractivity contribution in [1.82, 2.24) is 5.32 Å². The highest BCUT2D eigenvalue weighted by Crippen LogP contribution is 2.31. The molecule has 0 aromatic heterocycles. The molecule has 0 radical (unpaired) electrons. The highest BCUT2D eigenvalue weighted by molar-refractivity contribution is 5.81. The van der Waals surface area contributed by atoms with Crippen LogP contribution in [0, 0.1) is 0 Å². The molecule has 17 heteroatoms. The fourth-order valence-corrected chi connectivity index (χ4v) is 5.03. The Morgan fingerprint density at radius 2 is 1.56 bits per heavy atom. The molecule has 39 heavy (non-hydrogen) atoms. The Hall–Kier alpha value is -1.13. The van der Waals surface area contributed by atoms with Gasteiger partial charge in [-0.1, -0.05) is 0 Å². The van der Waals surface area contributed by atoms with E-state index in [1.54, 1.807) is 0 Å². The minimum atomic E-state index is -1.68. The van der Waals surface area contributed by atoms with Crippen LogP contribution in [0.15, 0.2) is 0 Å². The maximum Gasteiger partial charge on any atom is 0.249 e. The number of hydrogen-bond acceptors (Lipinski definition) is 16. The molecule has 15 atom stereocenters. The van der Waals surface area contributed by atoms with Crippen molar-refractivity contribution in [2.24, 2.45) is 28.7 Å². The number of aliphatic hydroxyl groups is 6. The number of rotatable bonds is 10. The molecule has 2 heterocycles. The van der Waals surface area contributed by atoms with Gasteiger partial charge in [-0.15, -0.1) is 0 Å².